The summed E-state index contributed by atoms with van der Waals surface area (Å²) < 4.78 is 4.63. The lowest BCUT2D eigenvalue weighted by molar-refractivity contribution is 0.0601. The molecule has 0 bridgehead atoms. The van der Waals surface area contributed by atoms with E-state index in [1.807, 2.05) is 12.1 Å². The minimum Gasteiger partial charge on any atom is -0.465 e. The zero-order valence-electron chi connectivity index (χ0n) is 10.9. The number of ether oxygens (including phenoxy) is 1. The third-order valence-corrected chi connectivity index (χ3v) is 2.65. The van der Waals surface area contributed by atoms with Gasteiger partial charge < -0.3 is 4.74 Å². The van der Waals surface area contributed by atoms with Gasteiger partial charge in [-0.1, -0.05) is 36.1 Å². The first kappa shape index (κ1) is 13.4. The normalized spacial score (nSPS) is 9.00. The van der Waals surface area contributed by atoms with Gasteiger partial charge in [-0.25, -0.2) is 9.64 Å². The van der Waals surface area contributed by atoms with Crippen LogP contribution in [0.5, 0.6) is 0 Å². The van der Waals surface area contributed by atoms with Crippen molar-refractivity contribution in [2.45, 2.75) is 0 Å². The van der Waals surface area contributed by atoms with Crippen molar-refractivity contribution in [1.82, 2.24) is 0 Å². The number of carbonyl (C=O) groups is 1. The van der Waals surface area contributed by atoms with E-state index in [2.05, 4.69) is 21.4 Å². The Kier molecular flexibility index (Phi) is 4.17. The average molecular weight is 261 g/mol. The zero-order chi connectivity index (χ0) is 14.4. The molecule has 0 fully saturated rings. The Morgan fingerprint density at radius 1 is 1.00 bits per heavy atom. The standard InChI is InChI=1S/C17H11NO2/c1-18-16-11-7-14(8-12-16)4-3-13-5-9-15(10-6-13)17(19)20-2/h5-12H,2H3. The molecule has 0 aliphatic rings. The predicted molar refractivity (Wildman–Crippen MR) is 76.5 cm³/mol. The summed E-state index contributed by atoms with van der Waals surface area (Å²) in [6, 6.07) is 14.0. The molecule has 0 radical (unpaired) electrons. The maximum absolute atomic E-state index is 11.3. The molecule has 0 amide bonds. The highest BCUT2D eigenvalue weighted by Gasteiger charge is 2.02. The number of hydrogen-bond donors (Lipinski definition) is 0. The minimum absolute atomic E-state index is 0.362. The van der Waals surface area contributed by atoms with Crippen molar-refractivity contribution >= 4 is 11.7 Å². The maximum Gasteiger partial charge on any atom is 0.337 e. The van der Waals surface area contributed by atoms with Gasteiger partial charge in [-0.15, -0.1) is 0 Å². The van der Waals surface area contributed by atoms with Crippen molar-refractivity contribution in [3.63, 3.8) is 0 Å². The predicted octanol–water partition coefficient (Wildman–Crippen LogP) is 3.42. The van der Waals surface area contributed by atoms with Gasteiger partial charge in [0.2, 0.25) is 0 Å². The number of methoxy groups -OCH3 is 1. The maximum atomic E-state index is 11.3. The van der Waals surface area contributed by atoms with Gasteiger partial charge in [-0.3, -0.25) is 0 Å². The largest absolute Gasteiger partial charge is 0.465 e. The molecular weight excluding hydrogens is 250 g/mol. The molecule has 3 heteroatoms. The Balaban J connectivity index is 2.16. The quantitative estimate of drug-likeness (QED) is 0.447. The number of nitrogens with zero attached hydrogens (tertiary/aromatic N) is 1. The lowest BCUT2D eigenvalue weighted by Gasteiger charge is -1.98. The fourth-order valence-corrected chi connectivity index (χ4v) is 1.57. The molecule has 0 heterocycles. The van der Waals surface area contributed by atoms with Crippen LogP contribution < -0.4 is 0 Å². The van der Waals surface area contributed by atoms with Gasteiger partial charge in [-0.05, 0) is 24.3 Å². The number of carbonyl (C=O) groups excluding carboxylic acids is 1. The second-order valence-electron chi connectivity index (χ2n) is 3.98. The minimum atomic E-state index is -0.362. The SMILES string of the molecule is [C-]#[N+]c1ccc(C#Cc2ccc(C(=O)OC)cc2)cc1. The molecule has 0 N–H and O–H groups in total. The van der Waals surface area contributed by atoms with Crippen molar-refractivity contribution in [3.8, 4) is 11.8 Å². The summed E-state index contributed by atoms with van der Waals surface area (Å²) in [6.07, 6.45) is 0. The summed E-state index contributed by atoms with van der Waals surface area (Å²) in [5.74, 6) is 5.65. The molecule has 0 saturated heterocycles. The molecule has 0 atom stereocenters. The molecule has 2 aromatic rings. The fourth-order valence-electron chi connectivity index (χ4n) is 1.57. The highest BCUT2D eigenvalue weighted by atomic mass is 16.5. The molecule has 2 aromatic carbocycles. The van der Waals surface area contributed by atoms with Gasteiger partial charge in [0.15, 0.2) is 5.69 Å². The van der Waals surface area contributed by atoms with E-state index in [1.165, 1.54) is 7.11 Å². The number of benzene rings is 2. The van der Waals surface area contributed by atoms with Crippen LogP contribution in [0.2, 0.25) is 0 Å². The van der Waals surface area contributed by atoms with Crippen LogP contribution in [0.1, 0.15) is 21.5 Å². The lowest BCUT2D eigenvalue weighted by atomic mass is 10.1. The van der Waals surface area contributed by atoms with Crippen LogP contribution in [0.3, 0.4) is 0 Å². The Bertz CT molecular complexity index is 711. The van der Waals surface area contributed by atoms with Gasteiger partial charge >= 0.3 is 5.97 Å². The van der Waals surface area contributed by atoms with Crippen molar-refractivity contribution < 1.29 is 9.53 Å². The molecular formula is C17H11NO2. The monoisotopic (exact) mass is 261 g/mol. The van der Waals surface area contributed by atoms with Gasteiger partial charge in [0.05, 0.1) is 19.2 Å². The molecule has 3 nitrogen and oxygen atoms in total. The third-order valence-electron chi connectivity index (χ3n) is 2.65. The highest BCUT2D eigenvalue weighted by Crippen LogP contribution is 2.12. The summed E-state index contributed by atoms with van der Waals surface area (Å²) in [7, 11) is 1.35. The van der Waals surface area contributed by atoms with Crippen LogP contribution >= 0.6 is 0 Å². The number of hydrogen-bond acceptors (Lipinski definition) is 2. The van der Waals surface area contributed by atoms with Crippen LogP contribution in [0.25, 0.3) is 4.85 Å². The Hall–Kier alpha value is -3.04. The molecule has 0 aliphatic heterocycles. The van der Waals surface area contributed by atoms with Gasteiger partial charge in [0.1, 0.15) is 0 Å². The highest BCUT2D eigenvalue weighted by molar-refractivity contribution is 5.89. The zero-order valence-corrected chi connectivity index (χ0v) is 10.9. The summed E-state index contributed by atoms with van der Waals surface area (Å²) in [4.78, 5) is 14.6. The van der Waals surface area contributed by atoms with E-state index in [0.29, 0.717) is 11.3 Å². The average Bonchev–Trinajstić information content (AvgIpc) is 2.53. The van der Waals surface area contributed by atoms with E-state index in [4.69, 9.17) is 6.57 Å². The van der Waals surface area contributed by atoms with E-state index in [1.54, 1.807) is 36.4 Å². The van der Waals surface area contributed by atoms with Gasteiger partial charge in [0, 0.05) is 11.1 Å². The first-order chi connectivity index (χ1) is 9.72. The molecule has 0 aliphatic carbocycles. The first-order valence-electron chi connectivity index (χ1n) is 5.91. The molecule has 0 unspecified atom stereocenters. The van der Waals surface area contributed by atoms with E-state index in [9.17, 15) is 4.79 Å². The fraction of sp³-hybridized carbons (Fsp3) is 0.0588. The molecule has 2 rings (SSSR count). The summed E-state index contributed by atoms with van der Waals surface area (Å²) in [6.45, 7) is 6.87. The van der Waals surface area contributed by atoms with Crippen LogP contribution in [0.15, 0.2) is 48.5 Å². The summed E-state index contributed by atoms with van der Waals surface area (Å²) >= 11 is 0. The molecule has 0 saturated carbocycles. The summed E-state index contributed by atoms with van der Waals surface area (Å²) in [5, 5.41) is 0. The molecule has 0 aromatic heterocycles. The van der Waals surface area contributed by atoms with Crippen LogP contribution in [0.4, 0.5) is 5.69 Å². The van der Waals surface area contributed by atoms with E-state index >= 15 is 0 Å². The van der Waals surface area contributed by atoms with Crippen LogP contribution in [-0.4, -0.2) is 13.1 Å². The smallest absolute Gasteiger partial charge is 0.337 e. The van der Waals surface area contributed by atoms with Crippen LogP contribution in [-0.2, 0) is 4.74 Å². The number of rotatable bonds is 1. The first-order valence-corrected chi connectivity index (χ1v) is 5.91. The van der Waals surface area contributed by atoms with Gasteiger partial charge in [0.25, 0.3) is 0 Å². The van der Waals surface area contributed by atoms with Crippen molar-refractivity contribution in [2.75, 3.05) is 7.11 Å². The molecule has 0 spiro atoms. The van der Waals surface area contributed by atoms with Crippen molar-refractivity contribution in [2.24, 2.45) is 0 Å². The van der Waals surface area contributed by atoms with Gasteiger partial charge in [-0.2, -0.15) is 0 Å². The second-order valence-corrected chi connectivity index (χ2v) is 3.98. The Morgan fingerprint density at radius 3 is 1.95 bits per heavy atom. The lowest BCUT2D eigenvalue weighted by Crippen LogP contribution is -2.00. The van der Waals surface area contributed by atoms with Crippen molar-refractivity contribution in [1.29, 1.82) is 0 Å². The van der Waals surface area contributed by atoms with E-state index in [-0.39, 0.29) is 5.97 Å². The summed E-state index contributed by atoms with van der Waals surface area (Å²) in [5.41, 5.74) is 2.75. The molecule has 96 valence electrons. The van der Waals surface area contributed by atoms with E-state index < -0.39 is 0 Å². The Morgan fingerprint density at radius 2 is 1.50 bits per heavy atom. The molecule has 20 heavy (non-hydrogen) atoms. The Labute approximate surface area is 117 Å². The third kappa shape index (κ3) is 3.25. The topological polar surface area (TPSA) is 30.7 Å². The van der Waals surface area contributed by atoms with Crippen molar-refractivity contribution in [3.05, 3.63) is 76.6 Å². The van der Waals surface area contributed by atoms with E-state index in [0.717, 1.165) is 11.1 Å². The van der Waals surface area contributed by atoms with Crippen LogP contribution in [0, 0.1) is 18.4 Å². The number of esters is 1. The second kappa shape index (κ2) is 6.22.